The molecule has 2 aliphatic rings. The number of fused-ring (bicyclic) bond motifs is 1. The molecule has 0 aliphatic carbocycles. The van der Waals surface area contributed by atoms with Gasteiger partial charge in [0.2, 0.25) is 5.91 Å². The topological polar surface area (TPSA) is 57.9 Å². The number of aryl methyl sites for hydroxylation is 1. The standard InChI is InChI=1S/C16H20N4O2S2/c1-11-9-23-15-17-12(7-13(21)20(11)15)8-19-5-3-16(4-6-19)18(2)14(22)10-24-16/h7,9H,3-6,8,10H2,1-2H3. The smallest absolute Gasteiger partial charge is 0.259 e. The number of hydrogen-bond acceptors (Lipinski definition) is 6. The summed E-state index contributed by atoms with van der Waals surface area (Å²) in [5, 5.41) is 1.96. The van der Waals surface area contributed by atoms with Crippen molar-refractivity contribution < 1.29 is 4.79 Å². The van der Waals surface area contributed by atoms with Crippen LogP contribution in [0, 0.1) is 6.92 Å². The summed E-state index contributed by atoms with van der Waals surface area (Å²) in [5.41, 5.74) is 1.77. The molecule has 0 N–H and O–H groups in total. The molecule has 2 aromatic rings. The SMILES string of the molecule is Cc1csc2nc(CN3CCC4(CC3)SCC(=O)N4C)cc(=O)n12. The predicted octanol–water partition coefficient (Wildman–Crippen LogP) is 1.56. The molecule has 0 saturated carbocycles. The maximum absolute atomic E-state index is 12.3. The van der Waals surface area contributed by atoms with E-state index in [2.05, 4.69) is 9.88 Å². The first-order chi connectivity index (χ1) is 11.5. The van der Waals surface area contributed by atoms with Crippen molar-refractivity contribution in [2.45, 2.75) is 31.2 Å². The molecule has 2 saturated heterocycles. The maximum Gasteiger partial charge on any atom is 0.259 e. The zero-order chi connectivity index (χ0) is 16.9. The van der Waals surface area contributed by atoms with Crippen molar-refractivity contribution in [3.05, 3.63) is 33.2 Å². The number of aromatic nitrogens is 2. The van der Waals surface area contributed by atoms with Gasteiger partial charge in [-0.15, -0.1) is 23.1 Å². The van der Waals surface area contributed by atoms with Gasteiger partial charge < -0.3 is 4.90 Å². The van der Waals surface area contributed by atoms with Crippen LogP contribution in [-0.2, 0) is 11.3 Å². The van der Waals surface area contributed by atoms with Gasteiger partial charge in [0.15, 0.2) is 4.96 Å². The normalized spacial score (nSPS) is 21.2. The van der Waals surface area contributed by atoms with Gasteiger partial charge in [-0.25, -0.2) is 4.98 Å². The number of piperidine rings is 1. The number of nitrogens with zero attached hydrogens (tertiary/aromatic N) is 4. The van der Waals surface area contributed by atoms with Gasteiger partial charge in [0.1, 0.15) is 0 Å². The van der Waals surface area contributed by atoms with Crippen LogP contribution in [0.15, 0.2) is 16.2 Å². The van der Waals surface area contributed by atoms with E-state index in [1.807, 2.05) is 24.3 Å². The molecule has 4 heterocycles. The molecule has 24 heavy (non-hydrogen) atoms. The number of thiazole rings is 1. The number of thioether (sulfide) groups is 1. The fraction of sp³-hybridized carbons (Fsp3) is 0.562. The first-order valence-corrected chi connectivity index (χ1v) is 9.95. The van der Waals surface area contributed by atoms with Crippen molar-refractivity contribution in [1.82, 2.24) is 19.2 Å². The Balaban J connectivity index is 1.48. The van der Waals surface area contributed by atoms with Crippen LogP contribution >= 0.6 is 23.1 Å². The lowest BCUT2D eigenvalue weighted by Crippen LogP contribution is -2.50. The molecule has 4 rings (SSSR count). The van der Waals surface area contributed by atoms with Crippen molar-refractivity contribution in [2.75, 3.05) is 25.9 Å². The summed E-state index contributed by atoms with van der Waals surface area (Å²) < 4.78 is 1.66. The van der Waals surface area contributed by atoms with Gasteiger partial charge in [-0.05, 0) is 19.8 Å². The third kappa shape index (κ3) is 2.57. The lowest BCUT2D eigenvalue weighted by molar-refractivity contribution is -0.129. The Bertz CT molecular complexity index is 851. The number of amides is 1. The maximum atomic E-state index is 12.3. The van der Waals surface area contributed by atoms with E-state index in [0.29, 0.717) is 12.3 Å². The molecular formula is C16H20N4O2S2. The highest BCUT2D eigenvalue weighted by atomic mass is 32.2. The number of carbonyl (C=O) groups excluding carboxylic acids is 1. The molecule has 1 spiro atoms. The highest BCUT2D eigenvalue weighted by Gasteiger charge is 2.45. The van der Waals surface area contributed by atoms with Crippen molar-refractivity contribution in [2.24, 2.45) is 0 Å². The molecule has 0 unspecified atom stereocenters. The molecule has 0 bridgehead atoms. The zero-order valence-corrected chi connectivity index (χ0v) is 15.5. The molecule has 8 heteroatoms. The van der Waals surface area contributed by atoms with E-state index in [-0.39, 0.29) is 16.3 Å². The van der Waals surface area contributed by atoms with Crippen LogP contribution in [0.3, 0.4) is 0 Å². The summed E-state index contributed by atoms with van der Waals surface area (Å²) in [6.07, 6.45) is 1.94. The molecule has 1 amide bonds. The number of carbonyl (C=O) groups is 1. The van der Waals surface area contributed by atoms with Crippen LogP contribution < -0.4 is 5.56 Å². The Labute approximate surface area is 148 Å². The van der Waals surface area contributed by atoms with E-state index in [1.165, 1.54) is 11.3 Å². The fourth-order valence-corrected chi connectivity index (χ4v) is 5.81. The number of likely N-dealkylation sites (tertiary alicyclic amines) is 1. The Morgan fingerprint density at radius 2 is 2.04 bits per heavy atom. The van der Waals surface area contributed by atoms with Gasteiger partial charge in [0.25, 0.3) is 5.56 Å². The Kier molecular flexibility index (Phi) is 3.93. The zero-order valence-electron chi connectivity index (χ0n) is 13.8. The van der Waals surface area contributed by atoms with Gasteiger partial charge >= 0.3 is 0 Å². The van der Waals surface area contributed by atoms with Crippen LogP contribution in [0.1, 0.15) is 24.2 Å². The van der Waals surface area contributed by atoms with Crippen molar-refractivity contribution >= 4 is 34.0 Å². The molecule has 0 atom stereocenters. The molecule has 2 fully saturated rings. The van der Waals surface area contributed by atoms with E-state index in [9.17, 15) is 9.59 Å². The third-order valence-corrected chi connectivity index (χ3v) is 7.66. The summed E-state index contributed by atoms with van der Waals surface area (Å²) in [5.74, 6) is 0.838. The molecule has 2 aliphatic heterocycles. The average Bonchev–Trinajstić information content (AvgIpc) is 3.06. The molecular weight excluding hydrogens is 344 g/mol. The van der Waals surface area contributed by atoms with Crippen molar-refractivity contribution in [3.8, 4) is 0 Å². The minimum Gasteiger partial charge on any atom is -0.330 e. The van der Waals surface area contributed by atoms with Crippen molar-refractivity contribution in [3.63, 3.8) is 0 Å². The first-order valence-electron chi connectivity index (χ1n) is 8.08. The quantitative estimate of drug-likeness (QED) is 0.809. The van der Waals surface area contributed by atoms with Gasteiger partial charge in [-0.1, -0.05) is 0 Å². The second-order valence-electron chi connectivity index (χ2n) is 6.54. The van der Waals surface area contributed by atoms with Crippen LogP contribution in [0.25, 0.3) is 4.96 Å². The van der Waals surface area contributed by atoms with Crippen LogP contribution in [0.5, 0.6) is 0 Å². The molecule has 2 aromatic heterocycles. The lowest BCUT2D eigenvalue weighted by Gasteiger charge is -2.42. The number of hydrogen-bond donors (Lipinski definition) is 0. The Morgan fingerprint density at radius 1 is 1.29 bits per heavy atom. The molecule has 0 radical (unpaired) electrons. The summed E-state index contributed by atoms with van der Waals surface area (Å²) in [7, 11) is 1.92. The van der Waals surface area contributed by atoms with E-state index in [0.717, 1.165) is 42.3 Å². The summed E-state index contributed by atoms with van der Waals surface area (Å²) in [6.45, 7) is 4.47. The van der Waals surface area contributed by atoms with E-state index < -0.39 is 0 Å². The minimum absolute atomic E-state index is 0.00101. The summed E-state index contributed by atoms with van der Waals surface area (Å²) in [4.78, 5) is 33.7. The highest BCUT2D eigenvalue weighted by Crippen LogP contribution is 2.43. The van der Waals surface area contributed by atoms with E-state index in [1.54, 1.807) is 22.2 Å². The summed E-state index contributed by atoms with van der Waals surface area (Å²) in [6, 6.07) is 1.65. The molecule has 0 aromatic carbocycles. The third-order valence-electron chi connectivity index (χ3n) is 5.10. The van der Waals surface area contributed by atoms with Gasteiger partial charge in [-0.3, -0.25) is 18.9 Å². The summed E-state index contributed by atoms with van der Waals surface area (Å²) >= 11 is 3.29. The van der Waals surface area contributed by atoms with Crippen molar-refractivity contribution in [1.29, 1.82) is 0 Å². The minimum atomic E-state index is -0.0185. The van der Waals surface area contributed by atoms with Gasteiger partial charge in [0, 0.05) is 43.8 Å². The van der Waals surface area contributed by atoms with Crippen LogP contribution in [0.4, 0.5) is 0 Å². The largest absolute Gasteiger partial charge is 0.330 e. The lowest BCUT2D eigenvalue weighted by atomic mass is 10.0. The second-order valence-corrected chi connectivity index (χ2v) is 8.72. The van der Waals surface area contributed by atoms with Gasteiger partial charge in [0.05, 0.1) is 16.3 Å². The predicted molar refractivity (Wildman–Crippen MR) is 96.5 cm³/mol. The number of rotatable bonds is 2. The highest BCUT2D eigenvalue weighted by molar-refractivity contribution is 8.01. The Morgan fingerprint density at radius 3 is 2.71 bits per heavy atom. The monoisotopic (exact) mass is 364 g/mol. The molecule has 6 nitrogen and oxygen atoms in total. The van der Waals surface area contributed by atoms with Gasteiger partial charge in [-0.2, -0.15) is 0 Å². The fourth-order valence-electron chi connectivity index (χ4n) is 3.57. The average molecular weight is 364 g/mol. The van der Waals surface area contributed by atoms with E-state index >= 15 is 0 Å². The van der Waals surface area contributed by atoms with E-state index in [4.69, 9.17) is 0 Å². The second kappa shape index (κ2) is 5.86. The first kappa shape index (κ1) is 16.1. The Hall–Kier alpha value is -1.38. The van der Waals surface area contributed by atoms with Crippen LogP contribution in [-0.4, -0.2) is 55.9 Å². The molecule has 128 valence electrons. The van der Waals surface area contributed by atoms with Crippen LogP contribution in [0.2, 0.25) is 0 Å².